The number of ether oxygens (including phenoxy) is 2. The molecule has 0 aliphatic carbocycles. The number of likely N-dealkylation sites (tertiary alicyclic amines) is 1. The van der Waals surface area contributed by atoms with Crippen LogP contribution in [0.3, 0.4) is 0 Å². The largest absolute Gasteiger partial charge is 0.471 e. The Bertz CT molecular complexity index is 1390. The van der Waals surface area contributed by atoms with Gasteiger partial charge in [0.05, 0.1) is 29.5 Å². The molecule has 10 heteroatoms. The number of fused-ring (bicyclic) bond motifs is 2. The molecule has 4 heterocycles. The maximum atomic E-state index is 13.3. The molecule has 34 heavy (non-hydrogen) atoms. The number of amides is 1. The summed E-state index contributed by atoms with van der Waals surface area (Å²) in [5.74, 6) is 0.326. The van der Waals surface area contributed by atoms with Crippen molar-refractivity contribution < 1.29 is 14.3 Å². The van der Waals surface area contributed by atoms with Crippen LogP contribution in [0.15, 0.2) is 34.1 Å². The Hall–Kier alpha value is -3.40. The Labute approximate surface area is 196 Å². The zero-order valence-electron chi connectivity index (χ0n) is 19.7. The monoisotopic (exact) mass is 467 g/mol. The van der Waals surface area contributed by atoms with E-state index in [4.69, 9.17) is 9.47 Å². The van der Waals surface area contributed by atoms with Gasteiger partial charge >= 0.3 is 5.69 Å². The number of carbonyl (C=O) groups is 1. The summed E-state index contributed by atoms with van der Waals surface area (Å²) in [5, 5.41) is 0. The van der Waals surface area contributed by atoms with E-state index in [0.717, 1.165) is 22.0 Å². The van der Waals surface area contributed by atoms with Gasteiger partial charge in [-0.2, -0.15) is 0 Å². The summed E-state index contributed by atoms with van der Waals surface area (Å²) in [6, 6.07) is 5.61. The summed E-state index contributed by atoms with van der Waals surface area (Å²) >= 11 is 0. The zero-order chi connectivity index (χ0) is 24.0. The highest BCUT2D eigenvalue weighted by Gasteiger charge is 2.44. The van der Waals surface area contributed by atoms with Gasteiger partial charge in [-0.25, -0.2) is 9.78 Å². The fourth-order valence-corrected chi connectivity index (χ4v) is 5.14. The minimum absolute atomic E-state index is 0.0378. The average molecular weight is 468 g/mol. The van der Waals surface area contributed by atoms with Gasteiger partial charge in [-0.15, -0.1) is 0 Å². The Morgan fingerprint density at radius 1 is 1.18 bits per heavy atom. The van der Waals surface area contributed by atoms with Crippen LogP contribution in [0.25, 0.3) is 11.0 Å². The number of aromatic nitrogens is 4. The first kappa shape index (κ1) is 22.4. The Morgan fingerprint density at radius 3 is 2.79 bits per heavy atom. The van der Waals surface area contributed by atoms with Crippen LogP contribution in [0.4, 0.5) is 0 Å². The molecular formula is C24H29N5O5. The summed E-state index contributed by atoms with van der Waals surface area (Å²) in [7, 11) is 4.77. The van der Waals surface area contributed by atoms with Gasteiger partial charge in [0.25, 0.3) is 11.5 Å². The fraction of sp³-hybridized carbons (Fsp3) is 0.500. The van der Waals surface area contributed by atoms with Gasteiger partial charge in [0.1, 0.15) is 5.60 Å². The van der Waals surface area contributed by atoms with E-state index in [1.807, 2.05) is 27.7 Å². The van der Waals surface area contributed by atoms with Crippen LogP contribution >= 0.6 is 0 Å². The number of hydrogen-bond donors (Lipinski definition) is 0. The van der Waals surface area contributed by atoms with Crippen molar-refractivity contribution in [1.29, 1.82) is 0 Å². The normalized spacial score (nSPS) is 19.9. The molecule has 0 saturated carbocycles. The van der Waals surface area contributed by atoms with E-state index in [9.17, 15) is 14.4 Å². The number of carbonyl (C=O) groups excluding carboxylic acids is 1. The first-order chi connectivity index (χ1) is 16.3. The molecule has 5 rings (SSSR count). The minimum Gasteiger partial charge on any atom is -0.471 e. The number of methoxy groups -OCH3 is 1. The molecule has 3 aromatic rings. The van der Waals surface area contributed by atoms with Crippen LogP contribution in [0, 0.1) is 0 Å². The highest BCUT2D eigenvalue weighted by molar-refractivity contribution is 5.97. The van der Waals surface area contributed by atoms with Gasteiger partial charge in [-0.3, -0.25) is 18.7 Å². The molecule has 2 aliphatic rings. The predicted molar refractivity (Wildman–Crippen MR) is 125 cm³/mol. The third kappa shape index (κ3) is 3.62. The quantitative estimate of drug-likeness (QED) is 0.569. The third-order valence-corrected chi connectivity index (χ3v) is 7.10. The topological polar surface area (TPSA) is 101 Å². The van der Waals surface area contributed by atoms with Crippen molar-refractivity contribution in [2.24, 2.45) is 14.1 Å². The summed E-state index contributed by atoms with van der Waals surface area (Å²) in [6.07, 6.45) is 4.28. The maximum absolute atomic E-state index is 13.3. The van der Waals surface area contributed by atoms with Crippen molar-refractivity contribution in [3.8, 4) is 5.88 Å². The van der Waals surface area contributed by atoms with E-state index in [2.05, 4.69) is 4.98 Å². The Balaban J connectivity index is 1.34. The number of imidazole rings is 1. The first-order valence-corrected chi connectivity index (χ1v) is 11.5. The van der Waals surface area contributed by atoms with Crippen LogP contribution in [-0.2, 0) is 31.8 Å². The van der Waals surface area contributed by atoms with Gasteiger partial charge in [0.2, 0.25) is 5.88 Å². The van der Waals surface area contributed by atoms with E-state index in [1.54, 1.807) is 20.5 Å². The molecule has 0 bridgehead atoms. The van der Waals surface area contributed by atoms with Crippen LogP contribution in [0.5, 0.6) is 5.88 Å². The molecule has 1 fully saturated rings. The second-order valence-electron chi connectivity index (χ2n) is 9.23. The average Bonchev–Trinajstić information content (AvgIpc) is 3.36. The Morgan fingerprint density at radius 2 is 2.00 bits per heavy atom. The molecular weight excluding hydrogens is 438 g/mol. The molecule has 1 spiro atoms. The lowest BCUT2D eigenvalue weighted by Crippen LogP contribution is -2.38. The highest BCUT2D eigenvalue weighted by Crippen LogP contribution is 2.39. The smallest absolute Gasteiger partial charge is 0.333 e. The maximum Gasteiger partial charge on any atom is 0.333 e. The van der Waals surface area contributed by atoms with Crippen molar-refractivity contribution in [2.75, 3.05) is 26.8 Å². The number of nitrogens with zero attached hydrogens (tertiary/aromatic N) is 5. The molecule has 2 aromatic heterocycles. The molecule has 10 nitrogen and oxygen atoms in total. The lowest BCUT2D eigenvalue weighted by atomic mass is 9.90. The second-order valence-corrected chi connectivity index (χ2v) is 9.23. The minimum atomic E-state index is -0.570. The van der Waals surface area contributed by atoms with Crippen LogP contribution < -0.4 is 16.0 Å². The fourth-order valence-electron chi connectivity index (χ4n) is 5.14. The van der Waals surface area contributed by atoms with Crippen LogP contribution in [0.1, 0.15) is 35.2 Å². The molecule has 0 radical (unpaired) electrons. The van der Waals surface area contributed by atoms with E-state index in [1.165, 1.54) is 11.6 Å². The van der Waals surface area contributed by atoms with Gasteiger partial charge in [-0.1, -0.05) is 0 Å². The molecule has 1 saturated heterocycles. The molecule has 180 valence electrons. The molecule has 1 aromatic carbocycles. The summed E-state index contributed by atoms with van der Waals surface area (Å²) in [6.45, 7) is 2.42. The summed E-state index contributed by atoms with van der Waals surface area (Å²) in [5.41, 5.74) is 1.62. The van der Waals surface area contributed by atoms with E-state index >= 15 is 0 Å². The number of rotatable bonds is 4. The molecule has 1 amide bonds. The van der Waals surface area contributed by atoms with Gasteiger partial charge in [-0.05, 0) is 31.0 Å². The lowest BCUT2D eigenvalue weighted by molar-refractivity contribution is 0.0636. The second kappa shape index (κ2) is 8.43. The molecule has 0 unspecified atom stereocenters. The van der Waals surface area contributed by atoms with Crippen molar-refractivity contribution in [2.45, 2.75) is 37.8 Å². The lowest BCUT2D eigenvalue weighted by Gasteiger charge is -2.27. The zero-order valence-corrected chi connectivity index (χ0v) is 19.7. The molecule has 0 N–H and O–H groups in total. The molecule has 1 atom stereocenters. The highest BCUT2D eigenvalue weighted by atomic mass is 16.5. The molecule has 2 aliphatic heterocycles. The SMILES string of the molecule is COCCn1cnc2cc(C(=O)N3CCC[C@]4(CC3)Cc3c(n(C)c(=O)n(C)c3=O)O4)ccc21. The van der Waals surface area contributed by atoms with E-state index in [0.29, 0.717) is 62.5 Å². The van der Waals surface area contributed by atoms with Gasteiger partial charge < -0.3 is 18.9 Å². The van der Waals surface area contributed by atoms with Crippen LogP contribution in [0.2, 0.25) is 0 Å². The number of benzene rings is 1. The van der Waals surface area contributed by atoms with E-state index in [-0.39, 0.29) is 11.5 Å². The van der Waals surface area contributed by atoms with Crippen LogP contribution in [-0.4, -0.2) is 61.9 Å². The third-order valence-electron chi connectivity index (χ3n) is 7.10. The summed E-state index contributed by atoms with van der Waals surface area (Å²) in [4.78, 5) is 44.6. The first-order valence-electron chi connectivity index (χ1n) is 11.5. The van der Waals surface area contributed by atoms with Crippen molar-refractivity contribution in [3.05, 3.63) is 56.5 Å². The van der Waals surface area contributed by atoms with E-state index < -0.39 is 11.3 Å². The standard InChI is InChI=1S/C24H29N5O5/c1-26-21(31)17-14-24(34-22(17)27(2)23(26)32)7-4-9-28(10-8-24)20(30)16-5-6-19-18(13-16)25-15-29(19)11-12-33-3/h5-6,13,15H,4,7-12,14H2,1-3H3/t24-/m0/s1. The van der Waals surface area contributed by atoms with Gasteiger partial charge in [0, 0.05) is 59.2 Å². The Kier molecular flexibility index (Phi) is 5.55. The number of hydrogen-bond acceptors (Lipinski definition) is 6. The summed E-state index contributed by atoms with van der Waals surface area (Å²) < 4.78 is 16.0. The van der Waals surface area contributed by atoms with Crippen molar-refractivity contribution >= 4 is 16.9 Å². The van der Waals surface area contributed by atoms with Crippen molar-refractivity contribution in [3.63, 3.8) is 0 Å². The van der Waals surface area contributed by atoms with Crippen molar-refractivity contribution in [1.82, 2.24) is 23.6 Å². The van der Waals surface area contributed by atoms with Gasteiger partial charge in [0.15, 0.2) is 0 Å². The predicted octanol–water partition coefficient (Wildman–Crippen LogP) is 1.08.